The maximum atomic E-state index is 11.6. The fourth-order valence-corrected chi connectivity index (χ4v) is 2.17. The number of nitrogens with two attached hydrogens (primary N) is 1. The van der Waals surface area contributed by atoms with Crippen LogP contribution in [0.3, 0.4) is 0 Å². The molecule has 0 saturated heterocycles. The number of fused-ring (bicyclic) bond motifs is 1. The second kappa shape index (κ2) is 5.72. The van der Waals surface area contributed by atoms with E-state index in [1.54, 1.807) is 6.20 Å². The van der Waals surface area contributed by atoms with Crippen molar-refractivity contribution in [1.82, 2.24) is 15.0 Å². The Morgan fingerprint density at radius 1 is 1.19 bits per heavy atom. The molecule has 0 saturated carbocycles. The summed E-state index contributed by atoms with van der Waals surface area (Å²) < 4.78 is 0. The first-order chi connectivity index (χ1) is 10.3. The van der Waals surface area contributed by atoms with Gasteiger partial charge in [0, 0.05) is 19.3 Å². The topological polar surface area (TPSA) is 96.7 Å². The highest BCUT2D eigenvalue weighted by Crippen LogP contribution is 2.16. The van der Waals surface area contributed by atoms with Gasteiger partial charge in [-0.05, 0) is 23.3 Å². The van der Waals surface area contributed by atoms with Gasteiger partial charge in [-0.3, -0.25) is 4.98 Å². The van der Waals surface area contributed by atoms with Crippen molar-refractivity contribution in [3.8, 4) is 0 Å². The SMILES string of the molecule is NCc1cccc(CNc2nc(=O)[nH]c3ncccc23)c1. The maximum absolute atomic E-state index is 11.6. The van der Waals surface area contributed by atoms with Crippen LogP contribution < -0.4 is 16.7 Å². The largest absolute Gasteiger partial charge is 0.365 e. The third kappa shape index (κ3) is 2.90. The van der Waals surface area contributed by atoms with Gasteiger partial charge < -0.3 is 11.1 Å². The Kier molecular flexibility index (Phi) is 3.61. The van der Waals surface area contributed by atoms with Crippen LogP contribution in [0.25, 0.3) is 11.0 Å². The quantitative estimate of drug-likeness (QED) is 0.671. The molecule has 0 fully saturated rings. The molecule has 106 valence electrons. The van der Waals surface area contributed by atoms with E-state index in [4.69, 9.17) is 5.73 Å². The molecule has 0 bridgehead atoms. The second-order valence-corrected chi connectivity index (χ2v) is 4.67. The summed E-state index contributed by atoms with van der Waals surface area (Å²) in [6.45, 7) is 1.07. The molecule has 3 rings (SSSR count). The molecule has 2 aromatic heterocycles. The number of aromatic nitrogens is 3. The third-order valence-corrected chi connectivity index (χ3v) is 3.19. The van der Waals surface area contributed by atoms with Crippen LogP contribution in [-0.2, 0) is 13.1 Å². The van der Waals surface area contributed by atoms with E-state index in [2.05, 4.69) is 20.3 Å². The molecule has 6 heteroatoms. The van der Waals surface area contributed by atoms with Crippen LogP contribution in [0.1, 0.15) is 11.1 Å². The zero-order valence-electron chi connectivity index (χ0n) is 11.3. The van der Waals surface area contributed by atoms with E-state index in [0.29, 0.717) is 24.6 Å². The molecule has 0 amide bonds. The summed E-state index contributed by atoms with van der Waals surface area (Å²) in [7, 11) is 0. The molecule has 0 aliphatic rings. The summed E-state index contributed by atoms with van der Waals surface area (Å²) in [6, 6.07) is 11.6. The fraction of sp³-hybridized carbons (Fsp3) is 0.133. The maximum Gasteiger partial charge on any atom is 0.348 e. The number of benzene rings is 1. The number of hydrogen-bond donors (Lipinski definition) is 3. The number of aromatic amines is 1. The van der Waals surface area contributed by atoms with Crippen LogP contribution in [0.2, 0.25) is 0 Å². The molecule has 4 N–H and O–H groups in total. The van der Waals surface area contributed by atoms with Crippen molar-refractivity contribution in [1.29, 1.82) is 0 Å². The molecule has 0 spiro atoms. The van der Waals surface area contributed by atoms with Gasteiger partial charge in [-0.25, -0.2) is 9.78 Å². The van der Waals surface area contributed by atoms with Gasteiger partial charge >= 0.3 is 5.69 Å². The van der Waals surface area contributed by atoms with E-state index in [-0.39, 0.29) is 0 Å². The average Bonchev–Trinajstić information content (AvgIpc) is 2.52. The Hall–Kier alpha value is -2.73. The van der Waals surface area contributed by atoms with Crippen molar-refractivity contribution >= 4 is 16.9 Å². The molecular formula is C15H15N5O. The van der Waals surface area contributed by atoms with Gasteiger partial charge in [-0.15, -0.1) is 0 Å². The Labute approximate surface area is 121 Å². The number of rotatable bonds is 4. The van der Waals surface area contributed by atoms with E-state index in [0.717, 1.165) is 16.5 Å². The van der Waals surface area contributed by atoms with Gasteiger partial charge in [-0.1, -0.05) is 24.3 Å². The average molecular weight is 281 g/mol. The van der Waals surface area contributed by atoms with Crippen molar-refractivity contribution in [3.63, 3.8) is 0 Å². The molecule has 0 aliphatic heterocycles. The normalized spacial score (nSPS) is 10.7. The monoisotopic (exact) mass is 281 g/mol. The molecule has 1 aromatic carbocycles. The lowest BCUT2D eigenvalue weighted by molar-refractivity contribution is 1.03. The first-order valence-corrected chi connectivity index (χ1v) is 6.63. The number of nitrogens with one attached hydrogen (secondary N) is 2. The molecular weight excluding hydrogens is 266 g/mol. The minimum atomic E-state index is -0.417. The van der Waals surface area contributed by atoms with Crippen LogP contribution in [0, 0.1) is 0 Å². The van der Waals surface area contributed by atoms with E-state index >= 15 is 0 Å². The smallest absolute Gasteiger partial charge is 0.348 e. The van der Waals surface area contributed by atoms with Crippen LogP contribution >= 0.6 is 0 Å². The lowest BCUT2D eigenvalue weighted by atomic mass is 10.1. The van der Waals surface area contributed by atoms with Crippen molar-refractivity contribution in [3.05, 3.63) is 64.2 Å². The third-order valence-electron chi connectivity index (χ3n) is 3.19. The number of nitrogens with zero attached hydrogens (tertiary/aromatic N) is 2. The summed E-state index contributed by atoms with van der Waals surface area (Å²) in [6.07, 6.45) is 1.63. The number of H-pyrrole nitrogens is 1. The summed E-state index contributed by atoms with van der Waals surface area (Å²) in [4.78, 5) is 22.3. The zero-order valence-corrected chi connectivity index (χ0v) is 11.3. The number of pyridine rings is 1. The molecule has 21 heavy (non-hydrogen) atoms. The first kappa shape index (κ1) is 13.3. The van der Waals surface area contributed by atoms with E-state index in [9.17, 15) is 4.79 Å². The number of hydrogen-bond acceptors (Lipinski definition) is 5. The van der Waals surface area contributed by atoms with Crippen molar-refractivity contribution in [2.75, 3.05) is 5.32 Å². The van der Waals surface area contributed by atoms with Gasteiger partial charge in [0.1, 0.15) is 11.5 Å². The second-order valence-electron chi connectivity index (χ2n) is 4.67. The molecule has 0 unspecified atom stereocenters. The first-order valence-electron chi connectivity index (χ1n) is 6.63. The summed E-state index contributed by atoms with van der Waals surface area (Å²) in [5, 5.41) is 3.97. The van der Waals surface area contributed by atoms with E-state index in [1.807, 2.05) is 36.4 Å². The highest BCUT2D eigenvalue weighted by Gasteiger charge is 2.05. The summed E-state index contributed by atoms with van der Waals surface area (Å²) in [5.74, 6) is 0.528. The van der Waals surface area contributed by atoms with Crippen molar-refractivity contribution in [2.45, 2.75) is 13.1 Å². The lowest BCUT2D eigenvalue weighted by Gasteiger charge is -2.08. The predicted octanol–water partition coefficient (Wildman–Crippen LogP) is 1.39. The Morgan fingerprint density at radius 3 is 2.90 bits per heavy atom. The minimum absolute atomic E-state index is 0.417. The molecule has 2 heterocycles. The number of anilines is 1. The molecule has 0 aliphatic carbocycles. The summed E-state index contributed by atoms with van der Waals surface area (Å²) >= 11 is 0. The van der Waals surface area contributed by atoms with Crippen molar-refractivity contribution < 1.29 is 0 Å². The van der Waals surface area contributed by atoms with Gasteiger partial charge in [0.05, 0.1) is 5.39 Å². The lowest BCUT2D eigenvalue weighted by Crippen LogP contribution is -2.14. The fourth-order valence-electron chi connectivity index (χ4n) is 2.17. The van der Waals surface area contributed by atoms with Gasteiger partial charge in [0.25, 0.3) is 0 Å². The molecule has 0 atom stereocenters. The van der Waals surface area contributed by atoms with Gasteiger partial charge in [0.15, 0.2) is 0 Å². The van der Waals surface area contributed by atoms with Crippen LogP contribution in [0.4, 0.5) is 5.82 Å². The molecule has 0 radical (unpaired) electrons. The minimum Gasteiger partial charge on any atom is -0.365 e. The van der Waals surface area contributed by atoms with Gasteiger partial charge in [0.2, 0.25) is 0 Å². The highest BCUT2D eigenvalue weighted by atomic mass is 16.1. The molecule has 6 nitrogen and oxygen atoms in total. The van der Waals surface area contributed by atoms with Crippen LogP contribution in [0.5, 0.6) is 0 Å². The summed E-state index contributed by atoms with van der Waals surface area (Å²) in [5.41, 5.74) is 7.89. The zero-order chi connectivity index (χ0) is 14.7. The Bertz CT molecular complexity index is 827. The Morgan fingerprint density at radius 2 is 2.05 bits per heavy atom. The van der Waals surface area contributed by atoms with Gasteiger partial charge in [-0.2, -0.15) is 4.98 Å². The van der Waals surface area contributed by atoms with Crippen molar-refractivity contribution in [2.24, 2.45) is 5.73 Å². The van der Waals surface area contributed by atoms with E-state index in [1.165, 1.54) is 0 Å². The van der Waals surface area contributed by atoms with E-state index < -0.39 is 5.69 Å². The highest BCUT2D eigenvalue weighted by molar-refractivity contribution is 5.85. The van der Waals surface area contributed by atoms with Crippen LogP contribution in [0.15, 0.2) is 47.4 Å². The molecule has 3 aromatic rings. The van der Waals surface area contributed by atoms with Crippen LogP contribution in [-0.4, -0.2) is 15.0 Å². The predicted molar refractivity (Wildman–Crippen MR) is 81.8 cm³/mol. The standard InChI is InChI=1S/C15H15N5O/c16-8-10-3-1-4-11(7-10)9-18-14-12-5-2-6-17-13(12)19-15(21)20-14/h1-7H,8-9,16H2,(H2,17,18,19,20,21). The Balaban J connectivity index is 1.89.